The average molecular weight is 314 g/mol. The van der Waals surface area contributed by atoms with Gasteiger partial charge in [-0.2, -0.15) is 0 Å². The van der Waals surface area contributed by atoms with Crippen LogP contribution in [0.5, 0.6) is 0 Å². The first-order valence-corrected chi connectivity index (χ1v) is 8.38. The summed E-state index contributed by atoms with van der Waals surface area (Å²) in [7, 11) is 0. The van der Waals surface area contributed by atoms with E-state index in [0.29, 0.717) is 16.7 Å². The van der Waals surface area contributed by atoms with E-state index in [1.165, 1.54) is 5.56 Å². The molecule has 0 atom stereocenters. The second-order valence-corrected chi connectivity index (χ2v) is 7.32. The summed E-state index contributed by atoms with van der Waals surface area (Å²) < 4.78 is 0. The highest BCUT2D eigenvalue weighted by Crippen LogP contribution is 2.25. The van der Waals surface area contributed by atoms with E-state index in [4.69, 9.17) is 0 Å². The topological polar surface area (TPSA) is 42.0 Å². The van der Waals surface area contributed by atoms with E-state index < -0.39 is 0 Å². The summed E-state index contributed by atoms with van der Waals surface area (Å²) in [4.78, 5) is 16.9. The number of aromatic nitrogens is 1. The molecule has 0 spiro atoms. The fourth-order valence-corrected chi connectivity index (χ4v) is 2.91. The van der Waals surface area contributed by atoms with Crippen LogP contribution in [0.4, 0.5) is 5.69 Å². The van der Waals surface area contributed by atoms with Crippen molar-refractivity contribution < 1.29 is 4.79 Å². The molecule has 0 unspecified atom stereocenters. The van der Waals surface area contributed by atoms with E-state index >= 15 is 0 Å². The first-order chi connectivity index (χ1) is 10.5. The summed E-state index contributed by atoms with van der Waals surface area (Å²) in [6.07, 6.45) is 1.72. The number of carbonyl (C=O) groups excluding carboxylic acids is 1. The van der Waals surface area contributed by atoms with Crippen LogP contribution in [0.25, 0.3) is 0 Å². The zero-order valence-corrected chi connectivity index (χ0v) is 14.3. The molecule has 1 aromatic carbocycles. The van der Waals surface area contributed by atoms with Gasteiger partial charge in [0.2, 0.25) is 0 Å². The maximum atomic E-state index is 12.5. The lowest BCUT2D eigenvalue weighted by molar-refractivity contribution is 0.102. The molecule has 0 saturated heterocycles. The van der Waals surface area contributed by atoms with Crippen LogP contribution in [0.15, 0.2) is 47.6 Å². The van der Waals surface area contributed by atoms with Crippen molar-refractivity contribution in [2.24, 2.45) is 0 Å². The van der Waals surface area contributed by atoms with E-state index in [-0.39, 0.29) is 5.91 Å². The molecule has 0 fully saturated rings. The number of benzene rings is 1. The molecule has 1 heterocycles. The van der Waals surface area contributed by atoms with Crippen LogP contribution >= 0.6 is 11.8 Å². The molecule has 1 N–H and O–H groups in total. The number of nitrogens with one attached hydrogen (secondary N) is 1. The lowest BCUT2D eigenvalue weighted by atomic mass is 10.0. The minimum atomic E-state index is -0.114. The van der Waals surface area contributed by atoms with Crippen LogP contribution in [0.3, 0.4) is 0 Å². The van der Waals surface area contributed by atoms with E-state index in [1.807, 2.05) is 24.3 Å². The van der Waals surface area contributed by atoms with Gasteiger partial charge >= 0.3 is 0 Å². The van der Waals surface area contributed by atoms with Crippen molar-refractivity contribution in [3.8, 4) is 0 Å². The number of hydrogen-bond donors (Lipinski definition) is 1. The molecule has 4 heteroatoms. The Morgan fingerprint density at radius 1 is 1.14 bits per heavy atom. The Hall–Kier alpha value is -1.81. The maximum Gasteiger partial charge on any atom is 0.258 e. The van der Waals surface area contributed by atoms with Crippen molar-refractivity contribution in [3.63, 3.8) is 0 Å². The van der Waals surface area contributed by atoms with Crippen LogP contribution in [0.1, 0.15) is 49.5 Å². The molecule has 0 aliphatic heterocycles. The highest BCUT2D eigenvalue weighted by Gasteiger charge is 2.14. The Kier molecular flexibility index (Phi) is 5.61. The molecule has 116 valence electrons. The van der Waals surface area contributed by atoms with Crippen molar-refractivity contribution in [3.05, 3.63) is 53.7 Å². The molecule has 22 heavy (non-hydrogen) atoms. The predicted octanol–water partition coefficient (Wildman–Crippen LogP) is 4.96. The highest BCUT2D eigenvalue weighted by atomic mass is 32.2. The Bertz CT molecular complexity index is 653. The van der Waals surface area contributed by atoms with Crippen molar-refractivity contribution in [1.82, 2.24) is 4.98 Å². The first kappa shape index (κ1) is 16.6. The summed E-state index contributed by atoms with van der Waals surface area (Å²) in [5.41, 5.74) is 2.65. The van der Waals surface area contributed by atoms with Gasteiger partial charge in [-0.25, -0.2) is 4.98 Å². The SMILES string of the molecule is CC(C)Sc1ncccc1C(=O)Nc1cccc(C(C)C)c1. The van der Waals surface area contributed by atoms with Crippen molar-refractivity contribution in [1.29, 1.82) is 0 Å². The van der Waals surface area contributed by atoms with Gasteiger partial charge in [0.1, 0.15) is 5.03 Å². The molecule has 1 aromatic heterocycles. The molecule has 1 amide bonds. The number of hydrogen-bond acceptors (Lipinski definition) is 3. The molecule has 0 bridgehead atoms. The summed E-state index contributed by atoms with van der Waals surface area (Å²) in [5.74, 6) is 0.319. The zero-order valence-electron chi connectivity index (χ0n) is 13.5. The minimum absolute atomic E-state index is 0.114. The lowest BCUT2D eigenvalue weighted by Crippen LogP contribution is -2.14. The standard InChI is InChI=1S/C18H22N2OS/c1-12(2)14-7-5-8-15(11-14)20-17(21)16-9-6-10-19-18(16)22-13(3)4/h5-13H,1-4H3,(H,20,21). The van der Waals surface area contributed by atoms with Crippen molar-refractivity contribution in [2.45, 2.75) is 43.9 Å². The second kappa shape index (κ2) is 7.45. The van der Waals surface area contributed by atoms with E-state index in [9.17, 15) is 4.79 Å². The summed E-state index contributed by atoms with van der Waals surface area (Å²) in [5, 5.41) is 4.13. The summed E-state index contributed by atoms with van der Waals surface area (Å²) >= 11 is 1.60. The molecule has 3 nitrogen and oxygen atoms in total. The second-order valence-electron chi connectivity index (χ2n) is 5.76. The number of pyridine rings is 1. The van der Waals surface area contributed by atoms with Crippen LogP contribution in [-0.4, -0.2) is 16.1 Å². The summed E-state index contributed by atoms with van der Waals surface area (Å²) in [6, 6.07) is 11.6. The number of anilines is 1. The number of thioether (sulfide) groups is 1. The Labute approximate surface area is 136 Å². The third-order valence-electron chi connectivity index (χ3n) is 3.17. The monoisotopic (exact) mass is 314 g/mol. The predicted molar refractivity (Wildman–Crippen MR) is 93.7 cm³/mol. The lowest BCUT2D eigenvalue weighted by Gasteiger charge is -2.12. The van der Waals surface area contributed by atoms with Gasteiger partial charge < -0.3 is 5.32 Å². The fourth-order valence-electron chi connectivity index (χ4n) is 2.05. The van der Waals surface area contributed by atoms with Gasteiger partial charge in [0.15, 0.2) is 0 Å². The third kappa shape index (κ3) is 4.34. The molecule has 2 aromatic rings. The molecule has 0 aliphatic carbocycles. The molecule has 0 aliphatic rings. The van der Waals surface area contributed by atoms with E-state index in [2.05, 4.69) is 44.1 Å². The van der Waals surface area contributed by atoms with Crippen LogP contribution in [0.2, 0.25) is 0 Å². The molecular weight excluding hydrogens is 292 g/mol. The van der Waals surface area contributed by atoms with Crippen LogP contribution < -0.4 is 5.32 Å². The Morgan fingerprint density at radius 3 is 2.59 bits per heavy atom. The van der Waals surface area contributed by atoms with Gasteiger partial charge in [-0.15, -0.1) is 11.8 Å². The molecule has 0 saturated carbocycles. The van der Waals surface area contributed by atoms with Crippen molar-refractivity contribution in [2.75, 3.05) is 5.32 Å². The van der Waals surface area contributed by atoms with Gasteiger partial charge in [-0.3, -0.25) is 4.79 Å². The molecule has 0 radical (unpaired) electrons. The van der Waals surface area contributed by atoms with E-state index in [1.54, 1.807) is 24.0 Å². The van der Waals surface area contributed by atoms with E-state index in [0.717, 1.165) is 10.7 Å². The van der Waals surface area contributed by atoms with Gasteiger partial charge in [0.25, 0.3) is 5.91 Å². The first-order valence-electron chi connectivity index (χ1n) is 7.50. The van der Waals surface area contributed by atoms with Gasteiger partial charge in [0.05, 0.1) is 5.56 Å². The average Bonchev–Trinajstić information content (AvgIpc) is 2.47. The van der Waals surface area contributed by atoms with Gasteiger partial charge in [-0.05, 0) is 35.7 Å². The summed E-state index contributed by atoms with van der Waals surface area (Å²) in [6.45, 7) is 8.46. The number of amides is 1. The zero-order chi connectivity index (χ0) is 16.1. The number of nitrogens with zero attached hydrogens (tertiary/aromatic N) is 1. The number of carbonyl (C=O) groups is 1. The Balaban J connectivity index is 2.21. The fraction of sp³-hybridized carbons (Fsp3) is 0.333. The smallest absolute Gasteiger partial charge is 0.258 e. The highest BCUT2D eigenvalue weighted by molar-refractivity contribution is 7.99. The molecular formula is C18H22N2OS. The maximum absolute atomic E-state index is 12.5. The van der Waals surface area contributed by atoms with Crippen molar-refractivity contribution >= 4 is 23.4 Å². The molecule has 2 rings (SSSR count). The van der Waals surface area contributed by atoms with Crippen LogP contribution in [-0.2, 0) is 0 Å². The largest absolute Gasteiger partial charge is 0.322 e. The third-order valence-corrected chi connectivity index (χ3v) is 4.19. The quantitative estimate of drug-likeness (QED) is 0.793. The minimum Gasteiger partial charge on any atom is -0.322 e. The van der Waals surface area contributed by atoms with Crippen LogP contribution in [0, 0.1) is 0 Å². The van der Waals surface area contributed by atoms with Gasteiger partial charge in [0, 0.05) is 17.1 Å². The number of rotatable bonds is 5. The normalized spacial score (nSPS) is 11.0. The van der Waals surface area contributed by atoms with Gasteiger partial charge in [-0.1, -0.05) is 39.8 Å². The Morgan fingerprint density at radius 2 is 1.91 bits per heavy atom.